The van der Waals surface area contributed by atoms with Crippen LogP contribution in [0, 0.1) is 4.64 Å². The Bertz CT molecular complexity index is 570. The lowest BCUT2D eigenvalue weighted by Gasteiger charge is -2.03. The molecule has 0 saturated carbocycles. The van der Waals surface area contributed by atoms with Crippen LogP contribution in [-0.2, 0) is 0 Å². The normalized spacial score (nSPS) is 10.1. The van der Waals surface area contributed by atoms with Gasteiger partial charge in [-0.2, -0.15) is 0 Å². The summed E-state index contributed by atoms with van der Waals surface area (Å²) in [6.45, 7) is 0. The summed E-state index contributed by atoms with van der Waals surface area (Å²) in [6.07, 6.45) is 0. The van der Waals surface area contributed by atoms with E-state index in [4.69, 9.17) is 17.0 Å². The summed E-state index contributed by atoms with van der Waals surface area (Å²) in [4.78, 5) is 16.4. The second-order valence-electron chi connectivity index (χ2n) is 3.23. The van der Waals surface area contributed by atoms with E-state index in [9.17, 15) is 4.79 Å². The first-order valence-corrected chi connectivity index (χ1v) is 5.08. The summed E-state index contributed by atoms with van der Waals surface area (Å²) < 4.78 is 5.47. The molecule has 0 amide bonds. The minimum Gasteiger partial charge on any atom is -0.497 e. The lowest BCUT2D eigenvalue weighted by Crippen LogP contribution is -2.10. The third-order valence-electron chi connectivity index (χ3n) is 2.16. The predicted octanol–water partition coefficient (Wildman–Crippen LogP) is 2.11. The topological polar surface area (TPSA) is 57.9 Å². The van der Waals surface area contributed by atoms with Crippen LogP contribution in [0.1, 0.15) is 0 Å². The first kappa shape index (κ1) is 10.6. The Morgan fingerprint density at radius 2 is 1.88 bits per heavy atom. The highest BCUT2D eigenvalue weighted by atomic mass is 32.1. The number of hydrogen-bond donors (Lipinski definition) is 2. The van der Waals surface area contributed by atoms with Crippen LogP contribution in [0.25, 0.3) is 11.3 Å². The monoisotopic (exact) mass is 234 g/mol. The van der Waals surface area contributed by atoms with E-state index in [2.05, 4.69) is 9.97 Å². The second-order valence-corrected chi connectivity index (χ2v) is 3.67. The molecule has 2 rings (SSSR count). The number of aromatic nitrogens is 2. The Balaban J connectivity index is 2.50. The van der Waals surface area contributed by atoms with Gasteiger partial charge in [0.05, 0.1) is 12.8 Å². The molecule has 82 valence electrons. The lowest BCUT2D eigenvalue weighted by atomic mass is 10.1. The highest BCUT2D eigenvalue weighted by Gasteiger charge is 1.99. The molecule has 1 heterocycles. The molecule has 2 N–H and O–H groups in total. The Labute approximate surface area is 96.9 Å². The van der Waals surface area contributed by atoms with Crippen LogP contribution in [0.15, 0.2) is 35.1 Å². The molecule has 4 nitrogen and oxygen atoms in total. The van der Waals surface area contributed by atoms with Crippen molar-refractivity contribution in [3.8, 4) is 17.0 Å². The smallest absolute Gasteiger partial charge is 0.324 e. The van der Waals surface area contributed by atoms with E-state index >= 15 is 0 Å². The number of benzene rings is 1. The molecule has 0 spiro atoms. The summed E-state index contributed by atoms with van der Waals surface area (Å²) in [5.41, 5.74) is 1.27. The molecule has 0 atom stereocenters. The van der Waals surface area contributed by atoms with Crippen LogP contribution in [0.5, 0.6) is 5.75 Å². The van der Waals surface area contributed by atoms with E-state index in [0.29, 0.717) is 10.3 Å². The van der Waals surface area contributed by atoms with E-state index < -0.39 is 0 Å². The quantitative estimate of drug-likeness (QED) is 0.782. The van der Waals surface area contributed by atoms with Gasteiger partial charge < -0.3 is 9.72 Å². The maximum Gasteiger partial charge on any atom is 0.324 e. The molecule has 1 aromatic heterocycles. The molecule has 0 aliphatic rings. The van der Waals surface area contributed by atoms with Crippen molar-refractivity contribution in [3.05, 3.63) is 45.5 Å². The zero-order valence-corrected chi connectivity index (χ0v) is 9.43. The van der Waals surface area contributed by atoms with Crippen LogP contribution in [0.3, 0.4) is 0 Å². The van der Waals surface area contributed by atoms with Crippen LogP contribution >= 0.6 is 12.2 Å². The summed E-state index contributed by atoms with van der Waals surface area (Å²) in [6, 6.07) is 9.08. The second kappa shape index (κ2) is 4.32. The van der Waals surface area contributed by atoms with Crippen LogP contribution in [0.4, 0.5) is 0 Å². The van der Waals surface area contributed by atoms with Crippen molar-refractivity contribution in [2.24, 2.45) is 0 Å². The van der Waals surface area contributed by atoms with Crippen molar-refractivity contribution in [3.63, 3.8) is 0 Å². The molecule has 0 radical (unpaired) electrons. The molecule has 2 aromatic rings. The predicted molar refractivity (Wildman–Crippen MR) is 64.2 cm³/mol. The SMILES string of the molecule is COc1ccc(-c2cc(=S)[nH]c(=O)[nH]2)cc1. The van der Waals surface area contributed by atoms with Crippen molar-refractivity contribution >= 4 is 12.2 Å². The fourth-order valence-corrected chi connectivity index (χ4v) is 1.61. The average molecular weight is 234 g/mol. The molecule has 1 aromatic carbocycles. The Morgan fingerprint density at radius 3 is 2.44 bits per heavy atom. The molecule has 16 heavy (non-hydrogen) atoms. The van der Waals surface area contributed by atoms with Gasteiger partial charge in [0.1, 0.15) is 10.4 Å². The van der Waals surface area contributed by atoms with Crippen molar-refractivity contribution in [2.75, 3.05) is 7.11 Å². The molecule has 0 aliphatic heterocycles. The molecule has 0 unspecified atom stereocenters. The number of hydrogen-bond acceptors (Lipinski definition) is 3. The summed E-state index contributed by atoms with van der Waals surface area (Å²) in [5, 5.41) is 0. The van der Waals surface area contributed by atoms with Crippen molar-refractivity contribution in [1.82, 2.24) is 9.97 Å². The number of nitrogens with one attached hydrogen (secondary N) is 2. The van der Waals surface area contributed by atoms with Gasteiger partial charge in [-0.15, -0.1) is 0 Å². The third-order valence-corrected chi connectivity index (χ3v) is 2.38. The number of methoxy groups -OCH3 is 1. The first-order valence-electron chi connectivity index (χ1n) is 4.67. The van der Waals surface area contributed by atoms with E-state index in [1.165, 1.54) is 0 Å². The molecule has 0 saturated heterocycles. The van der Waals surface area contributed by atoms with E-state index in [0.717, 1.165) is 11.3 Å². The molecular weight excluding hydrogens is 224 g/mol. The molecule has 0 fully saturated rings. The first-order chi connectivity index (χ1) is 7.69. The summed E-state index contributed by atoms with van der Waals surface area (Å²) >= 11 is 4.94. The van der Waals surface area contributed by atoms with Gasteiger partial charge in [0.15, 0.2) is 0 Å². The van der Waals surface area contributed by atoms with Gasteiger partial charge in [0.25, 0.3) is 0 Å². The van der Waals surface area contributed by atoms with Crippen molar-refractivity contribution < 1.29 is 4.74 Å². The molecule has 0 bridgehead atoms. The van der Waals surface area contributed by atoms with Crippen LogP contribution in [0.2, 0.25) is 0 Å². The maximum atomic E-state index is 11.2. The van der Waals surface area contributed by atoms with Gasteiger partial charge in [-0.3, -0.25) is 4.98 Å². The molecular formula is C11H10N2O2S. The largest absolute Gasteiger partial charge is 0.497 e. The number of rotatable bonds is 2. The maximum absolute atomic E-state index is 11.2. The minimum absolute atomic E-state index is 0.307. The molecule has 0 aliphatic carbocycles. The average Bonchev–Trinajstić information content (AvgIpc) is 2.28. The van der Waals surface area contributed by atoms with Crippen LogP contribution in [-0.4, -0.2) is 17.1 Å². The van der Waals surface area contributed by atoms with Gasteiger partial charge in [-0.1, -0.05) is 12.2 Å². The zero-order chi connectivity index (χ0) is 11.5. The third kappa shape index (κ3) is 2.20. The summed E-state index contributed by atoms with van der Waals surface area (Å²) in [7, 11) is 1.61. The number of H-pyrrole nitrogens is 2. The fourth-order valence-electron chi connectivity index (χ4n) is 1.39. The van der Waals surface area contributed by atoms with Gasteiger partial charge in [0.2, 0.25) is 0 Å². The van der Waals surface area contributed by atoms with E-state index in [-0.39, 0.29) is 5.69 Å². The lowest BCUT2D eigenvalue weighted by molar-refractivity contribution is 0.415. The Hall–Kier alpha value is -1.88. The van der Waals surface area contributed by atoms with Gasteiger partial charge in [0, 0.05) is 0 Å². The van der Waals surface area contributed by atoms with Crippen molar-refractivity contribution in [2.45, 2.75) is 0 Å². The standard InChI is InChI=1S/C11H10N2O2S/c1-15-8-4-2-7(3-5-8)9-6-10(16)13-11(14)12-9/h2-6H,1H3,(H2,12,13,14,16). The molecule has 5 heteroatoms. The van der Waals surface area contributed by atoms with Crippen molar-refractivity contribution in [1.29, 1.82) is 0 Å². The highest BCUT2D eigenvalue weighted by Crippen LogP contribution is 2.19. The van der Waals surface area contributed by atoms with E-state index in [1.807, 2.05) is 24.3 Å². The van der Waals surface area contributed by atoms with Crippen LogP contribution < -0.4 is 10.4 Å². The van der Waals surface area contributed by atoms with Gasteiger partial charge in [-0.25, -0.2) is 4.79 Å². The number of ether oxygens (including phenoxy) is 1. The minimum atomic E-state index is -0.307. The Morgan fingerprint density at radius 1 is 1.19 bits per heavy atom. The Kier molecular flexibility index (Phi) is 2.87. The van der Waals surface area contributed by atoms with Gasteiger partial charge >= 0.3 is 5.69 Å². The number of aromatic amines is 2. The van der Waals surface area contributed by atoms with Gasteiger partial charge in [-0.05, 0) is 35.9 Å². The zero-order valence-electron chi connectivity index (χ0n) is 8.61. The van der Waals surface area contributed by atoms with E-state index in [1.54, 1.807) is 13.2 Å². The summed E-state index contributed by atoms with van der Waals surface area (Å²) in [5.74, 6) is 0.771. The highest BCUT2D eigenvalue weighted by molar-refractivity contribution is 7.71. The fraction of sp³-hybridized carbons (Fsp3) is 0.0909.